The lowest BCUT2D eigenvalue weighted by Gasteiger charge is -2.29. The van der Waals surface area contributed by atoms with Crippen LogP contribution in [0.5, 0.6) is 5.75 Å². The number of hydrogen-bond donors (Lipinski definition) is 0. The molecule has 1 atom stereocenters. The molecule has 0 aromatic heterocycles. The summed E-state index contributed by atoms with van der Waals surface area (Å²) in [7, 11) is -1.53. The van der Waals surface area contributed by atoms with Crippen LogP contribution in [0.25, 0.3) is 0 Å². The first kappa shape index (κ1) is 22.2. The fraction of sp³-hybridized carbons (Fsp3) is 0.435. The topological polar surface area (TPSA) is 66.9 Å². The first-order valence-corrected chi connectivity index (χ1v) is 12.2. The van der Waals surface area contributed by atoms with Crippen molar-refractivity contribution in [3.63, 3.8) is 0 Å². The van der Waals surface area contributed by atoms with Gasteiger partial charge in [0.05, 0.1) is 18.6 Å². The van der Waals surface area contributed by atoms with Crippen LogP contribution in [0.4, 0.5) is 5.69 Å². The molecule has 7 heteroatoms. The number of rotatable bonds is 8. The maximum atomic E-state index is 13.3. The van der Waals surface area contributed by atoms with Gasteiger partial charge in [0.15, 0.2) is 9.84 Å². The number of nitrogens with zero attached hydrogens (tertiary/aromatic N) is 2. The summed E-state index contributed by atoms with van der Waals surface area (Å²) in [4.78, 5) is 17.3. The van der Waals surface area contributed by atoms with Crippen LogP contribution >= 0.6 is 0 Å². The van der Waals surface area contributed by atoms with Crippen molar-refractivity contribution in [1.29, 1.82) is 0 Å². The molecule has 0 saturated carbocycles. The Labute approximate surface area is 179 Å². The normalized spacial score (nSPS) is 17.5. The van der Waals surface area contributed by atoms with Crippen molar-refractivity contribution in [3.05, 3.63) is 59.7 Å². The summed E-state index contributed by atoms with van der Waals surface area (Å²) in [5.74, 6) is 0.665. The van der Waals surface area contributed by atoms with Crippen LogP contribution in [0.1, 0.15) is 36.2 Å². The summed E-state index contributed by atoms with van der Waals surface area (Å²) >= 11 is 0. The molecule has 1 heterocycles. The number of amides is 1. The monoisotopic (exact) mass is 430 g/mol. The number of benzene rings is 2. The van der Waals surface area contributed by atoms with E-state index in [4.69, 9.17) is 4.74 Å². The van der Waals surface area contributed by atoms with Gasteiger partial charge in [-0.15, -0.1) is 0 Å². The van der Waals surface area contributed by atoms with Crippen LogP contribution in [-0.4, -0.2) is 57.0 Å². The second kappa shape index (κ2) is 9.51. The molecule has 0 radical (unpaired) electrons. The Morgan fingerprint density at radius 1 is 1.03 bits per heavy atom. The van der Waals surface area contributed by atoms with Crippen molar-refractivity contribution in [2.45, 2.75) is 32.9 Å². The summed E-state index contributed by atoms with van der Waals surface area (Å²) in [5.41, 5.74) is 2.65. The van der Waals surface area contributed by atoms with Gasteiger partial charge < -0.3 is 14.5 Å². The van der Waals surface area contributed by atoms with Crippen molar-refractivity contribution in [2.75, 3.05) is 36.6 Å². The van der Waals surface area contributed by atoms with Crippen molar-refractivity contribution in [3.8, 4) is 5.75 Å². The Bertz CT molecular complexity index is 952. The number of methoxy groups -OCH3 is 1. The van der Waals surface area contributed by atoms with Gasteiger partial charge in [-0.05, 0) is 62.2 Å². The highest BCUT2D eigenvalue weighted by atomic mass is 32.2. The highest BCUT2D eigenvalue weighted by Crippen LogP contribution is 2.24. The first-order chi connectivity index (χ1) is 14.4. The summed E-state index contributed by atoms with van der Waals surface area (Å²) in [6.07, 6.45) is 0.474. The van der Waals surface area contributed by atoms with Gasteiger partial charge >= 0.3 is 0 Å². The third-order valence-corrected chi connectivity index (χ3v) is 7.42. The minimum Gasteiger partial charge on any atom is -0.497 e. The maximum absolute atomic E-state index is 13.3. The summed E-state index contributed by atoms with van der Waals surface area (Å²) in [6.45, 7) is 6.47. The second-order valence-electron chi connectivity index (χ2n) is 7.56. The van der Waals surface area contributed by atoms with Gasteiger partial charge in [-0.2, -0.15) is 0 Å². The SMILES string of the molecule is CCN(CC)c1ccc(CN(C(=O)c2ccc(OC)cc2)C2CCS(=O)(=O)C2)cc1. The Morgan fingerprint density at radius 3 is 2.17 bits per heavy atom. The fourth-order valence-corrected chi connectivity index (χ4v) is 5.62. The molecular weight excluding hydrogens is 400 g/mol. The standard InChI is InChI=1S/C23H30N2O4S/c1-4-24(5-2)20-10-6-18(7-11-20)16-25(21-14-15-30(27,28)17-21)23(26)19-8-12-22(29-3)13-9-19/h6-13,21H,4-5,14-17H2,1-3H3. The molecule has 30 heavy (non-hydrogen) atoms. The smallest absolute Gasteiger partial charge is 0.254 e. The van der Waals surface area contributed by atoms with E-state index in [-0.39, 0.29) is 23.5 Å². The number of carbonyl (C=O) groups is 1. The molecular formula is C23H30N2O4S. The van der Waals surface area contributed by atoms with E-state index >= 15 is 0 Å². The molecule has 1 amide bonds. The molecule has 1 unspecified atom stereocenters. The van der Waals surface area contributed by atoms with E-state index in [9.17, 15) is 13.2 Å². The zero-order valence-corrected chi connectivity index (χ0v) is 18.7. The van der Waals surface area contributed by atoms with E-state index < -0.39 is 9.84 Å². The second-order valence-corrected chi connectivity index (χ2v) is 9.79. The zero-order chi connectivity index (χ0) is 21.7. The Kier molecular flexibility index (Phi) is 7.02. The molecule has 2 aromatic carbocycles. The predicted octanol–water partition coefficient (Wildman–Crippen LogP) is 3.37. The van der Waals surface area contributed by atoms with Gasteiger partial charge in [0.25, 0.3) is 5.91 Å². The molecule has 0 N–H and O–H groups in total. The number of hydrogen-bond acceptors (Lipinski definition) is 5. The van der Waals surface area contributed by atoms with Crippen LogP contribution in [0.3, 0.4) is 0 Å². The quantitative estimate of drug-likeness (QED) is 0.642. The molecule has 162 valence electrons. The van der Waals surface area contributed by atoms with Crippen molar-refractivity contribution >= 4 is 21.4 Å². The highest BCUT2D eigenvalue weighted by Gasteiger charge is 2.35. The minimum atomic E-state index is -3.10. The predicted molar refractivity (Wildman–Crippen MR) is 120 cm³/mol. The Hall–Kier alpha value is -2.54. The van der Waals surface area contributed by atoms with Crippen molar-refractivity contribution in [2.24, 2.45) is 0 Å². The molecule has 1 saturated heterocycles. The average Bonchev–Trinajstić information content (AvgIpc) is 3.13. The summed E-state index contributed by atoms with van der Waals surface area (Å²) < 4.78 is 29.3. The van der Waals surface area contributed by atoms with E-state index in [1.54, 1.807) is 36.3 Å². The van der Waals surface area contributed by atoms with Crippen LogP contribution in [0, 0.1) is 0 Å². The van der Waals surface area contributed by atoms with Gasteiger partial charge in [-0.1, -0.05) is 12.1 Å². The number of sulfone groups is 1. The van der Waals surface area contributed by atoms with Crippen LogP contribution in [-0.2, 0) is 16.4 Å². The van der Waals surface area contributed by atoms with Gasteiger partial charge in [0, 0.05) is 36.9 Å². The maximum Gasteiger partial charge on any atom is 0.254 e. The van der Waals surface area contributed by atoms with Crippen LogP contribution in [0.15, 0.2) is 48.5 Å². The lowest BCUT2D eigenvalue weighted by Crippen LogP contribution is -2.40. The molecule has 2 aromatic rings. The van der Waals surface area contributed by atoms with Crippen LogP contribution < -0.4 is 9.64 Å². The van der Waals surface area contributed by atoms with E-state index in [1.807, 2.05) is 12.1 Å². The number of carbonyl (C=O) groups excluding carboxylic acids is 1. The van der Waals surface area contributed by atoms with Gasteiger partial charge in [0.1, 0.15) is 5.75 Å². The minimum absolute atomic E-state index is 0.0203. The first-order valence-electron chi connectivity index (χ1n) is 10.4. The van der Waals surface area contributed by atoms with E-state index in [0.717, 1.165) is 24.3 Å². The Morgan fingerprint density at radius 2 is 1.67 bits per heavy atom. The summed E-state index contributed by atoms with van der Waals surface area (Å²) in [6, 6.07) is 14.8. The third kappa shape index (κ3) is 5.14. The van der Waals surface area contributed by atoms with Gasteiger partial charge in [-0.25, -0.2) is 8.42 Å². The molecule has 0 aliphatic carbocycles. The molecule has 1 fully saturated rings. The van der Waals surface area contributed by atoms with E-state index in [2.05, 4.69) is 30.9 Å². The molecule has 1 aliphatic heterocycles. The Balaban J connectivity index is 1.85. The largest absolute Gasteiger partial charge is 0.497 e. The summed E-state index contributed by atoms with van der Waals surface area (Å²) in [5, 5.41) is 0. The molecule has 0 spiro atoms. The van der Waals surface area contributed by atoms with Gasteiger partial charge in [0.2, 0.25) is 0 Å². The number of anilines is 1. The zero-order valence-electron chi connectivity index (χ0n) is 17.9. The lowest BCUT2D eigenvalue weighted by molar-refractivity contribution is 0.0681. The van der Waals surface area contributed by atoms with Crippen molar-refractivity contribution in [1.82, 2.24) is 4.90 Å². The van der Waals surface area contributed by atoms with Gasteiger partial charge in [-0.3, -0.25) is 4.79 Å². The van der Waals surface area contributed by atoms with Crippen molar-refractivity contribution < 1.29 is 17.9 Å². The van der Waals surface area contributed by atoms with E-state index in [1.165, 1.54) is 0 Å². The molecule has 0 bridgehead atoms. The highest BCUT2D eigenvalue weighted by molar-refractivity contribution is 7.91. The lowest BCUT2D eigenvalue weighted by atomic mass is 10.1. The van der Waals surface area contributed by atoms with E-state index in [0.29, 0.717) is 24.3 Å². The molecule has 6 nitrogen and oxygen atoms in total. The molecule has 3 rings (SSSR count). The average molecular weight is 431 g/mol. The molecule has 1 aliphatic rings. The number of ether oxygens (including phenoxy) is 1. The fourth-order valence-electron chi connectivity index (χ4n) is 3.88. The third-order valence-electron chi connectivity index (χ3n) is 5.66. The van der Waals surface area contributed by atoms with Crippen LogP contribution in [0.2, 0.25) is 0 Å².